The maximum absolute atomic E-state index is 14.3. The second-order valence-electron chi connectivity index (χ2n) is 21.5. The second-order valence-corrected chi connectivity index (χ2v) is 21.5. The predicted octanol–water partition coefficient (Wildman–Crippen LogP) is 8.33. The summed E-state index contributed by atoms with van der Waals surface area (Å²) in [7, 11) is 3.53. The van der Waals surface area contributed by atoms with E-state index in [9.17, 15) is 29.4 Å². The molecule has 57 heavy (non-hydrogen) atoms. The first kappa shape index (κ1) is 43.5. The first-order valence-corrected chi connectivity index (χ1v) is 21.8. The highest BCUT2D eigenvalue weighted by Crippen LogP contribution is 2.77. The van der Waals surface area contributed by atoms with Crippen molar-refractivity contribution in [2.75, 3.05) is 27.2 Å². The number of likely N-dealkylation sites (N-methyl/N-ethyl adjacent to an activating group) is 1. The number of aliphatic carboxylic acids is 1. The Bertz CT molecular complexity index is 1770. The number of esters is 1. The van der Waals surface area contributed by atoms with Crippen LogP contribution in [0.2, 0.25) is 0 Å². The zero-order chi connectivity index (χ0) is 42.1. The van der Waals surface area contributed by atoms with Gasteiger partial charge >= 0.3 is 11.9 Å². The van der Waals surface area contributed by atoms with Crippen molar-refractivity contribution in [2.24, 2.45) is 56.2 Å². The minimum atomic E-state index is -1.18. The molecule has 9 nitrogen and oxygen atoms in total. The van der Waals surface area contributed by atoms with Gasteiger partial charge in [0.25, 0.3) is 0 Å². The van der Waals surface area contributed by atoms with Gasteiger partial charge in [0.15, 0.2) is 5.78 Å². The van der Waals surface area contributed by atoms with E-state index in [1.165, 1.54) is 5.57 Å². The Morgan fingerprint density at radius 2 is 1.56 bits per heavy atom. The summed E-state index contributed by atoms with van der Waals surface area (Å²) in [5.74, 6) is -0.238. The van der Waals surface area contributed by atoms with Crippen LogP contribution in [0.1, 0.15) is 132 Å². The van der Waals surface area contributed by atoms with Crippen molar-refractivity contribution >= 4 is 23.6 Å². The van der Waals surface area contributed by atoms with Crippen LogP contribution in [-0.2, 0) is 30.5 Å². The molecule has 1 amide bonds. The van der Waals surface area contributed by atoms with E-state index in [1.807, 2.05) is 18.2 Å². The van der Waals surface area contributed by atoms with Crippen LogP contribution in [-0.4, -0.2) is 83.0 Å². The molecule has 316 valence electrons. The molecular formula is C48H72N2O7. The van der Waals surface area contributed by atoms with Gasteiger partial charge in [0.05, 0.1) is 24.5 Å². The number of allylic oxidation sites excluding steroid dienone is 1. The van der Waals surface area contributed by atoms with Gasteiger partial charge in [-0.05, 0) is 116 Å². The molecule has 4 fully saturated rings. The second kappa shape index (κ2) is 15.2. The SMILES string of the molecule is CC(C)C1=C2[C@H]3CC[C@@H]4[C@@]5(C)CC[C@@H](OC(=O)CC(C)(C)C(=O)O)C(C)(C)[C@@H]5CC[C@@]4(C)[C@]3(C)CC[C@@]2([C@@H](O)CN(CC(=O)N(C)C)Cc2ccccc2)CC1=O. The Kier molecular flexibility index (Phi) is 11.6. The van der Waals surface area contributed by atoms with Crippen LogP contribution >= 0.6 is 0 Å². The third-order valence-corrected chi connectivity index (χ3v) is 17.0. The number of benzene rings is 1. The van der Waals surface area contributed by atoms with Crippen LogP contribution < -0.4 is 0 Å². The number of rotatable bonds is 12. The lowest BCUT2D eigenvalue weighted by Crippen LogP contribution is -2.66. The number of aliphatic hydroxyl groups is 1. The first-order chi connectivity index (χ1) is 26.4. The molecule has 4 saturated carbocycles. The standard InChI is InChI=1S/C48H72N2O7/c1-30(2)40-33(51)25-48(36(52)28-50(29-38(53)49(10)11)27-31-15-13-12-14-16-31)24-23-46(8)32(41(40)48)17-18-35-45(7)21-20-37(57-39(54)26-43(3,4)42(55)56)44(5,6)34(45)19-22-47(35,46)9/h12-16,30,32,34-37,52H,17-29H2,1-11H3,(H,55,56)/t32-,34+,35-,36+,37-,45+,46-,47-,48+/m1/s1. The number of fused-ring (bicyclic) bond motifs is 7. The third kappa shape index (κ3) is 7.23. The van der Waals surface area contributed by atoms with Crippen LogP contribution in [0, 0.1) is 56.2 Å². The summed E-state index contributed by atoms with van der Waals surface area (Å²) in [5.41, 5.74) is 1.11. The average molecular weight is 789 g/mol. The molecule has 9 heteroatoms. The molecule has 2 N–H and O–H groups in total. The van der Waals surface area contributed by atoms with Gasteiger partial charge in [0.1, 0.15) is 6.10 Å². The highest BCUT2D eigenvalue weighted by Gasteiger charge is 2.71. The average Bonchev–Trinajstić information content (AvgIpc) is 3.43. The lowest BCUT2D eigenvalue weighted by atomic mass is 9.33. The fourth-order valence-corrected chi connectivity index (χ4v) is 13.7. The van der Waals surface area contributed by atoms with Crippen molar-refractivity contribution < 1.29 is 34.1 Å². The topological polar surface area (TPSA) is 124 Å². The van der Waals surface area contributed by atoms with Crippen molar-refractivity contribution in [1.82, 2.24) is 9.80 Å². The minimum Gasteiger partial charge on any atom is -0.481 e. The summed E-state index contributed by atoms with van der Waals surface area (Å²) >= 11 is 0. The van der Waals surface area contributed by atoms with Crippen molar-refractivity contribution in [2.45, 2.75) is 145 Å². The summed E-state index contributed by atoms with van der Waals surface area (Å²) in [6.45, 7) is 20.6. The van der Waals surface area contributed by atoms with Gasteiger partial charge in [-0.1, -0.05) is 84.4 Å². The third-order valence-electron chi connectivity index (χ3n) is 17.0. The van der Waals surface area contributed by atoms with Crippen LogP contribution in [0.25, 0.3) is 0 Å². The van der Waals surface area contributed by atoms with Crippen LogP contribution in [0.5, 0.6) is 0 Å². The lowest BCUT2D eigenvalue weighted by molar-refractivity contribution is -0.235. The molecule has 0 bridgehead atoms. The first-order valence-electron chi connectivity index (χ1n) is 21.8. The Balaban J connectivity index is 1.30. The van der Waals surface area contributed by atoms with Gasteiger partial charge in [-0.2, -0.15) is 0 Å². The summed E-state index contributed by atoms with van der Waals surface area (Å²) in [5, 5.41) is 22.3. The number of amides is 1. The number of carboxylic acids is 1. The molecule has 5 aliphatic carbocycles. The zero-order valence-electron chi connectivity index (χ0n) is 36.9. The quantitative estimate of drug-likeness (QED) is 0.203. The van der Waals surface area contributed by atoms with Crippen molar-refractivity contribution in [3.8, 4) is 0 Å². The zero-order valence-corrected chi connectivity index (χ0v) is 36.9. The summed E-state index contributed by atoms with van der Waals surface area (Å²) < 4.78 is 6.18. The molecule has 5 aliphatic rings. The molecule has 0 unspecified atom stereocenters. The molecule has 1 aromatic rings. The summed E-state index contributed by atoms with van der Waals surface area (Å²) in [6, 6.07) is 10.1. The highest BCUT2D eigenvalue weighted by atomic mass is 16.5. The summed E-state index contributed by atoms with van der Waals surface area (Å²) in [4.78, 5) is 56.0. The highest BCUT2D eigenvalue weighted by molar-refractivity contribution is 6.00. The van der Waals surface area contributed by atoms with Crippen molar-refractivity contribution in [3.05, 3.63) is 47.0 Å². The van der Waals surface area contributed by atoms with E-state index in [0.717, 1.165) is 62.5 Å². The Labute approximate surface area is 342 Å². The largest absolute Gasteiger partial charge is 0.481 e. The fourth-order valence-electron chi connectivity index (χ4n) is 13.7. The number of hydrogen-bond acceptors (Lipinski definition) is 7. The van der Waals surface area contributed by atoms with Gasteiger partial charge in [0, 0.05) is 44.4 Å². The number of hydrogen-bond donors (Lipinski definition) is 2. The minimum absolute atomic E-state index is 0.00157. The maximum atomic E-state index is 14.3. The molecule has 9 atom stereocenters. The van der Waals surface area contributed by atoms with Gasteiger partial charge in [-0.25, -0.2) is 0 Å². The van der Waals surface area contributed by atoms with Gasteiger partial charge in [-0.3, -0.25) is 24.1 Å². The molecule has 0 heterocycles. The van der Waals surface area contributed by atoms with Gasteiger partial charge < -0.3 is 19.8 Å². The summed E-state index contributed by atoms with van der Waals surface area (Å²) in [6.07, 6.45) is 6.60. The van der Waals surface area contributed by atoms with Crippen molar-refractivity contribution in [3.63, 3.8) is 0 Å². The Morgan fingerprint density at radius 1 is 0.895 bits per heavy atom. The number of nitrogens with zero attached hydrogens (tertiary/aromatic N) is 2. The number of carboxylic acid groups (broad SMARTS) is 1. The number of ether oxygens (including phenoxy) is 1. The number of aliphatic hydroxyl groups excluding tert-OH is 1. The monoisotopic (exact) mass is 789 g/mol. The van der Waals surface area contributed by atoms with Gasteiger partial charge in [0.2, 0.25) is 5.91 Å². The van der Waals surface area contributed by atoms with E-state index in [1.54, 1.807) is 32.8 Å². The van der Waals surface area contributed by atoms with E-state index in [2.05, 4.69) is 65.5 Å². The molecule has 0 spiro atoms. The molecule has 0 aromatic heterocycles. The van der Waals surface area contributed by atoms with E-state index in [0.29, 0.717) is 31.3 Å². The van der Waals surface area contributed by atoms with Gasteiger partial charge in [-0.15, -0.1) is 0 Å². The molecule has 0 aliphatic heterocycles. The number of ketones is 1. The molecular weight excluding hydrogens is 717 g/mol. The predicted molar refractivity (Wildman–Crippen MR) is 222 cm³/mol. The fraction of sp³-hybridized carbons (Fsp3) is 0.750. The maximum Gasteiger partial charge on any atom is 0.309 e. The number of Topliss-reactive ketones (excluding diaryl/α,β-unsaturated/α-hetero) is 1. The molecule has 6 rings (SSSR count). The van der Waals surface area contributed by atoms with E-state index in [-0.39, 0.29) is 64.3 Å². The normalized spacial score (nSPS) is 35.2. The number of carbonyl (C=O) groups excluding carboxylic acids is 3. The molecule has 1 aromatic carbocycles. The molecule has 0 saturated heterocycles. The number of carbonyl (C=O) groups is 4. The smallest absolute Gasteiger partial charge is 0.309 e. The van der Waals surface area contributed by atoms with Crippen LogP contribution in [0.3, 0.4) is 0 Å². The van der Waals surface area contributed by atoms with E-state index < -0.39 is 28.9 Å². The van der Waals surface area contributed by atoms with Crippen molar-refractivity contribution in [1.29, 1.82) is 0 Å². The molecule has 0 radical (unpaired) electrons. The Morgan fingerprint density at radius 3 is 2.18 bits per heavy atom. The van der Waals surface area contributed by atoms with E-state index in [4.69, 9.17) is 4.74 Å². The Hall–Kier alpha value is -3.04. The van der Waals surface area contributed by atoms with Crippen LogP contribution in [0.4, 0.5) is 0 Å². The van der Waals surface area contributed by atoms with Crippen LogP contribution in [0.15, 0.2) is 41.5 Å². The lowest BCUT2D eigenvalue weighted by Gasteiger charge is -2.72. The van der Waals surface area contributed by atoms with E-state index >= 15 is 0 Å².